The van der Waals surface area contributed by atoms with Gasteiger partial charge in [-0.1, -0.05) is 66.7 Å². The largest absolute Gasteiger partial charge is 0.457 e. The standard InChI is InChI=1S/C31H26N2O4S/c34-30(32-24-15-17-26(18-16-24)37-25-12-5-2-6-13-25)27(21-36-20-22-9-3-1-4-10-22)33-31(35)29-19-23-11-7-8-14-28(23)38-29/h1-19,27H,20-21H2,(H,32,34)(H,33,35). The van der Waals surface area contributed by atoms with Crippen LogP contribution in [0.5, 0.6) is 11.5 Å². The number of anilines is 1. The van der Waals surface area contributed by atoms with Crippen LogP contribution in [0.15, 0.2) is 115 Å². The van der Waals surface area contributed by atoms with Gasteiger partial charge in [0, 0.05) is 10.4 Å². The molecule has 6 nitrogen and oxygen atoms in total. The maximum absolute atomic E-state index is 13.2. The van der Waals surface area contributed by atoms with Crippen molar-refractivity contribution in [3.05, 3.63) is 126 Å². The van der Waals surface area contributed by atoms with Gasteiger partial charge >= 0.3 is 0 Å². The van der Waals surface area contributed by atoms with Crippen LogP contribution < -0.4 is 15.4 Å². The first-order chi connectivity index (χ1) is 18.6. The zero-order chi connectivity index (χ0) is 26.2. The van der Waals surface area contributed by atoms with E-state index in [0.29, 0.717) is 22.9 Å². The highest BCUT2D eigenvalue weighted by Crippen LogP contribution is 2.25. The smallest absolute Gasteiger partial charge is 0.262 e. The number of benzene rings is 4. The van der Waals surface area contributed by atoms with E-state index in [1.54, 1.807) is 24.3 Å². The summed E-state index contributed by atoms with van der Waals surface area (Å²) in [6.45, 7) is 0.349. The predicted molar refractivity (Wildman–Crippen MR) is 151 cm³/mol. The van der Waals surface area contributed by atoms with Gasteiger partial charge in [0.05, 0.1) is 18.1 Å². The SMILES string of the molecule is O=C(NC(COCc1ccccc1)C(=O)Nc1ccc(Oc2ccccc2)cc1)c1cc2ccccc2s1. The molecule has 4 aromatic carbocycles. The summed E-state index contributed by atoms with van der Waals surface area (Å²) in [5.74, 6) is 0.685. The third-order valence-electron chi connectivity index (χ3n) is 5.77. The predicted octanol–water partition coefficient (Wildman–Crippen LogP) is 6.65. The number of hydrogen-bond acceptors (Lipinski definition) is 5. The molecule has 0 saturated heterocycles. The van der Waals surface area contributed by atoms with Gasteiger partial charge in [0.2, 0.25) is 5.91 Å². The summed E-state index contributed by atoms with van der Waals surface area (Å²) in [4.78, 5) is 26.9. The summed E-state index contributed by atoms with van der Waals surface area (Å²) in [7, 11) is 0. The quantitative estimate of drug-likeness (QED) is 0.215. The molecule has 0 aliphatic carbocycles. The highest BCUT2D eigenvalue weighted by molar-refractivity contribution is 7.20. The van der Waals surface area contributed by atoms with Crippen LogP contribution in [-0.2, 0) is 16.1 Å². The van der Waals surface area contributed by atoms with Crippen LogP contribution in [0, 0.1) is 0 Å². The zero-order valence-corrected chi connectivity index (χ0v) is 21.3. The second-order valence-electron chi connectivity index (χ2n) is 8.60. The lowest BCUT2D eigenvalue weighted by atomic mass is 10.2. The molecule has 1 heterocycles. The second kappa shape index (κ2) is 12.2. The number of amides is 2. The number of rotatable bonds is 10. The minimum atomic E-state index is -0.892. The average Bonchev–Trinajstić information content (AvgIpc) is 3.39. The van der Waals surface area contributed by atoms with Crippen molar-refractivity contribution in [2.45, 2.75) is 12.6 Å². The van der Waals surface area contributed by atoms with Crippen molar-refractivity contribution >= 4 is 38.9 Å². The Bertz CT molecular complexity index is 1470. The lowest BCUT2D eigenvalue weighted by Gasteiger charge is -2.18. The molecule has 190 valence electrons. The molecule has 7 heteroatoms. The monoisotopic (exact) mass is 522 g/mol. The van der Waals surface area contributed by atoms with Crippen LogP contribution in [-0.4, -0.2) is 24.5 Å². The third-order valence-corrected chi connectivity index (χ3v) is 6.88. The Morgan fingerprint density at radius 3 is 2.16 bits per heavy atom. The van der Waals surface area contributed by atoms with E-state index in [-0.39, 0.29) is 18.4 Å². The summed E-state index contributed by atoms with van der Waals surface area (Å²) in [6, 6.07) is 34.9. The number of para-hydroxylation sites is 1. The van der Waals surface area contributed by atoms with Crippen LogP contribution in [0.3, 0.4) is 0 Å². The van der Waals surface area contributed by atoms with E-state index in [1.807, 2.05) is 91.0 Å². The van der Waals surface area contributed by atoms with E-state index in [2.05, 4.69) is 10.6 Å². The molecule has 0 saturated carbocycles. The Hall–Kier alpha value is -4.46. The highest BCUT2D eigenvalue weighted by atomic mass is 32.1. The highest BCUT2D eigenvalue weighted by Gasteiger charge is 2.23. The van der Waals surface area contributed by atoms with Crippen molar-refractivity contribution in [2.75, 3.05) is 11.9 Å². The normalized spacial score (nSPS) is 11.6. The molecule has 1 aromatic heterocycles. The zero-order valence-electron chi connectivity index (χ0n) is 20.5. The summed E-state index contributed by atoms with van der Waals surface area (Å²) < 4.78 is 12.7. The summed E-state index contributed by atoms with van der Waals surface area (Å²) in [5, 5.41) is 6.72. The number of fused-ring (bicyclic) bond motifs is 1. The van der Waals surface area contributed by atoms with Gasteiger partial charge < -0.3 is 20.1 Å². The maximum atomic E-state index is 13.2. The molecule has 5 rings (SSSR count). The minimum absolute atomic E-state index is 0.0204. The molecule has 2 N–H and O–H groups in total. The van der Waals surface area contributed by atoms with E-state index in [0.717, 1.165) is 21.4 Å². The Labute approximate surface area is 224 Å². The van der Waals surface area contributed by atoms with Crippen molar-refractivity contribution in [3.8, 4) is 11.5 Å². The second-order valence-corrected chi connectivity index (χ2v) is 9.69. The van der Waals surface area contributed by atoms with Crippen LogP contribution in [0.4, 0.5) is 5.69 Å². The number of ether oxygens (including phenoxy) is 2. The van der Waals surface area contributed by atoms with Gasteiger partial charge in [0.25, 0.3) is 5.91 Å². The van der Waals surface area contributed by atoms with Crippen LogP contribution in [0.25, 0.3) is 10.1 Å². The van der Waals surface area contributed by atoms with Crippen molar-refractivity contribution in [3.63, 3.8) is 0 Å². The third kappa shape index (κ3) is 6.64. The first-order valence-electron chi connectivity index (χ1n) is 12.2. The number of nitrogens with one attached hydrogen (secondary N) is 2. The Morgan fingerprint density at radius 2 is 1.42 bits per heavy atom. The molecular weight excluding hydrogens is 496 g/mol. The molecule has 1 unspecified atom stereocenters. The van der Waals surface area contributed by atoms with Gasteiger partial charge in [-0.25, -0.2) is 0 Å². The van der Waals surface area contributed by atoms with E-state index < -0.39 is 6.04 Å². The fraction of sp³-hybridized carbons (Fsp3) is 0.0968. The number of carbonyl (C=O) groups excluding carboxylic acids is 2. The minimum Gasteiger partial charge on any atom is -0.457 e. The number of carbonyl (C=O) groups is 2. The van der Waals surface area contributed by atoms with Gasteiger partial charge in [-0.3, -0.25) is 9.59 Å². The van der Waals surface area contributed by atoms with Gasteiger partial charge in [0.15, 0.2) is 0 Å². The van der Waals surface area contributed by atoms with Crippen molar-refractivity contribution in [1.82, 2.24) is 5.32 Å². The van der Waals surface area contributed by atoms with E-state index in [4.69, 9.17) is 9.47 Å². The van der Waals surface area contributed by atoms with Crippen molar-refractivity contribution in [2.24, 2.45) is 0 Å². The Balaban J connectivity index is 1.26. The fourth-order valence-electron chi connectivity index (χ4n) is 3.84. The van der Waals surface area contributed by atoms with Crippen molar-refractivity contribution in [1.29, 1.82) is 0 Å². The maximum Gasteiger partial charge on any atom is 0.262 e. The van der Waals surface area contributed by atoms with Gasteiger partial charge in [-0.15, -0.1) is 11.3 Å². The van der Waals surface area contributed by atoms with Crippen molar-refractivity contribution < 1.29 is 19.1 Å². The molecule has 38 heavy (non-hydrogen) atoms. The molecule has 0 radical (unpaired) electrons. The first-order valence-corrected chi connectivity index (χ1v) is 13.0. The lowest BCUT2D eigenvalue weighted by Crippen LogP contribution is -2.46. The average molecular weight is 523 g/mol. The van der Waals surface area contributed by atoms with Gasteiger partial charge in [-0.05, 0) is 59.5 Å². The van der Waals surface area contributed by atoms with Gasteiger partial charge in [-0.2, -0.15) is 0 Å². The number of thiophene rings is 1. The van der Waals surface area contributed by atoms with Gasteiger partial charge in [0.1, 0.15) is 17.5 Å². The molecule has 0 spiro atoms. The fourth-order valence-corrected chi connectivity index (χ4v) is 4.80. The molecule has 0 aliphatic heterocycles. The Kier molecular flexibility index (Phi) is 8.08. The first kappa shape index (κ1) is 25.2. The lowest BCUT2D eigenvalue weighted by molar-refractivity contribution is -0.119. The molecule has 0 bridgehead atoms. The van der Waals surface area contributed by atoms with Crippen LogP contribution >= 0.6 is 11.3 Å². The molecular formula is C31H26N2O4S. The molecule has 2 amide bonds. The summed E-state index contributed by atoms with van der Waals surface area (Å²) >= 11 is 1.39. The molecule has 0 aliphatic rings. The van der Waals surface area contributed by atoms with Crippen LogP contribution in [0.1, 0.15) is 15.2 Å². The topological polar surface area (TPSA) is 76.7 Å². The summed E-state index contributed by atoms with van der Waals surface area (Å²) in [6.07, 6.45) is 0. The molecule has 5 aromatic rings. The Morgan fingerprint density at radius 1 is 0.763 bits per heavy atom. The van der Waals surface area contributed by atoms with E-state index in [9.17, 15) is 9.59 Å². The van der Waals surface area contributed by atoms with E-state index in [1.165, 1.54) is 11.3 Å². The summed E-state index contributed by atoms with van der Waals surface area (Å²) in [5.41, 5.74) is 1.57. The van der Waals surface area contributed by atoms with Crippen LogP contribution in [0.2, 0.25) is 0 Å². The number of hydrogen-bond donors (Lipinski definition) is 2. The molecule has 0 fully saturated rings. The molecule has 1 atom stereocenters. The van der Waals surface area contributed by atoms with E-state index >= 15 is 0 Å².